The Hall–Kier alpha value is -1.83. The van der Waals surface area contributed by atoms with Gasteiger partial charge in [-0.3, -0.25) is 0 Å². The lowest BCUT2D eigenvalue weighted by atomic mass is 9.95. The van der Waals surface area contributed by atoms with Gasteiger partial charge in [-0.15, -0.1) is 6.58 Å². The summed E-state index contributed by atoms with van der Waals surface area (Å²) < 4.78 is 5.52. The quantitative estimate of drug-likeness (QED) is 0.577. The molecule has 1 aromatic carbocycles. The molecule has 1 aliphatic rings. The lowest BCUT2D eigenvalue weighted by Gasteiger charge is -2.13. The lowest BCUT2D eigenvalue weighted by molar-refractivity contribution is -0.140. The van der Waals surface area contributed by atoms with Gasteiger partial charge < -0.3 is 4.74 Å². The Morgan fingerprint density at radius 3 is 2.67 bits per heavy atom. The smallest absolute Gasteiger partial charge is 0.335 e. The molecule has 0 aliphatic carbocycles. The second-order valence-corrected chi connectivity index (χ2v) is 4.44. The fourth-order valence-corrected chi connectivity index (χ4v) is 2.33. The monoisotopic (exact) mass is 242 g/mol. The molecule has 0 spiro atoms. The molecule has 1 atom stereocenters. The van der Waals surface area contributed by atoms with E-state index in [-0.39, 0.29) is 12.1 Å². The molecule has 0 fully saturated rings. The molecule has 0 bridgehead atoms. The normalized spacial score (nSPS) is 18.9. The second-order valence-electron chi connectivity index (χ2n) is 4.44. The molecule has 0 saturated carbocycles. The Morgan fingerprint density at radius 2 is 2.06 bits per heavy atom. The van der Waals surface area contributed by atoms with Gasteiger partial charge in [-0.2, -0.15) is 0 Å². The number of hydrogen-bond donors (Lipinski definition) is 0. The first kappa shape index (κ1) is 12.6. The maximum absolute atomic E-state index is 11.9. The number of rotatable bonds is 5. The zero-order chi connectivity index (χ0) is 13.0. The second kappa shape index (κ2) is 5.67. The summed E-state index contributed by atoms with van der Waals surface area (Å²) in [6.45, 7) is 5.84. The van der Waals surface area contributed by atoms with Crippen LogP contribution in [0.1, 0.15) is 37.9 Å². The van der Waals surface area contributed by atoms with Gasteiger partial charge in [-0.25, -0.2) is 4.79 Å². The van der Waals surface area contributed by atoms with Crippen molar-refractivity contribution in [2.75, 3.05) is 0 Å². The van der Waals surface area contributed by atoms with E-state index in [1.807, 2.05) is 36.4 Å². The fourth-order valence-electron chi connectivity index (χ4n) is 2.33. The zero-order valence-corrected chi connectivity index (χ0v) is 10.7. The van der Waals surface area contributed by atoms with Crippen LogP contribution in [0.5, 0.6) is 0 Å². The summed E-state index contributed by atoms with van der Waals surface area (Å²) in [6, 6.07) is 9.88. The number of hydrogen-bond acceptors (Lipinski definition) is 2. The molecule has 2 nitrogen and oxygen atoms in total. The summed E-state index contributed by atoms with van der Waals surface area (Å²) in [4.78, 5) is 11.9. The van der Waals surface area contributed by atoms with Gasteiger partial charge in [0.15, 0.2) is 0 Å². The highest BCUT2D eigenvalue weighted by atomic mass is 16.5. The van der Waals surface area contributed by atoms with Crippen molar-refractivity contribution in [2.45, 2.75) is 32.3 Å². The van der Waals surface area contributed by atoms with Crippen LogP contribution in [0.2, 0.25) is 0 Å². The number of allylic oxidation sites excluding steroid dienone is 1. The Kier molecular flexibility index (Phi) is 3.98. The fraction of sp³-hybridized carbons (Fsp3) is 0.312. The van der Waals surface area contributed by atoms with Crippen LogP contribution in [0.3, 0.4) is 0 Å². The minimum Gasteiger partial charge on any atom is -0.450 e. The topological polar surface area (TPSA) is 26.3 Å². The molecule has 0 N–H and O–H groups in total. The van der Waals surface area contributed by atoms with Crippen molar-refractivity contribution in [1.82, 2.24) is 0 Å². The maximum atomic E-state index is 11.9. The third-order valence-electron chi connectivity index (χ3n) is 3.14. The largest absolute Gasteiger partial charge is 0.450 e. The molecule has 2 heteroatoms. The van der Waals surface area contributed by atoms with Crippen LogP contribution in [0.4, 0.5) is 0 Å². The summed E-state index contributed by atoms with van der Waals surface area (Å²) in [5.74, 6) is -0.164. The Balaban J connectivity index is 2.37. The molecule has 1 aliphatic heterocycles. The van der Waals surface area contributed by atoms with E-state index in [0.717, 1.165) is 29.6 Å². The van der Waals surface area contributed by atoms with E-state index < -0.39 is 0 Å². The Morgan fingerprint density at radius 1 is 1.33 bits per heavy atom. The highest BCUT2D eigenvalue weighted by Crippen LogP contribution is 2.38. The first-order chi connectivity index (χ1) is 8.77. The number of ether oxygens (including phenoxy) is 1. The van der Waals surface area contributed by atoms with Crippen molar-refractivity contribution in [1.29, 1.82) is 0 Å². The summed E-state index contributed by atoms with van der Waals surface area (Å²) in [7, 11) is 0. The van der Waals surface area contributed by atoms with E-state index in [2.05, 4.69) is 13.5 Å². The van der Waals surface area contributed by atoms with Crippen molar-refractivity contribution in [3.8, 4) is 0 Å². The number of carbonyl (C=O) groups excluding carboxylic acids is 1. The molecule has 1 aromatic rings. The number of carbonyl (C=O) groups is 1. The van der Waals surface area contributed by atoms with E-state index in [1.54, 1.807) is 0 Å². The standard InChI is InChI=1S/C16H18O2/c1-3-8-13-14(9-4-2)16(17)18-15(13)12-10-6-5-7-11-12/h3,5-7,10-11,15H,1,4,8-9H2,2H3. The van der Waals surface area contributed by atoms with Crippen LogP contribution in [0.15, 0.2) is 54.1 Å². The van der Waals surface area contributed by atoms with Gasteiger partial charge in [-0.1, -0.05) is 49.8 Å². The van der Waals surface area contributed by atoms with Crippen LogP contribution >= 0.6 is 0 Å². The maximum Gasteiger partial charge on any atom is 0.335 e. The van der Waals surface area contributed by atoms with E-state index >= 15 is 0 Å². The van der Waals surface area contributed by atoms with E-state index in [0.29, 0.717) is 6.42 Å². The molecule has 94 valence electrons. The first-order valence-electron chi connectivity index (χ1n) is 6.36. The van der Waals surface area contributed by atoms with Crippen molar-refractivity contribution >= 4 is 5.97 Å². The van der Waals surface area contributed by atoms with Crippen LogP contribution in [-0.4, -0.2) is 5.97 Å². The van der Waals surface area contributed by atoms with Gasteiger partial charge in [0.1, 0.15) is 6.10 Å². The molecule has 1 heterocycles. The van der Waals surface area contributed by atoms with Gasteiger partial charge in [0, 0.05) is 5.57 Å². The van der Waals surface area contributed by atoms with Gasteiger partial charge in [0.05, 0.1) is 0 Å². The molecular weight excluding hydrogens is 224 g/mol. The third-order valence-corrected chi connectivity index (χ3v) is 3.14. The molecule has 2 rings (SSSR count). The van der Waals surface area contributed by atoms with Gasteiger partial charge in [0.2, 0.25) is 0 Å². The highest BCUT2D eigenvalue weighted by molar-refractivity contribution is 5.92. The molecule has 0 saturated heterocycles. The predicted octanol–water partition coefficient (Wildman–Crippen LogP) is 3.96. The molecule has 0 radical (unpaired) electrons. The van der Waals surface area contributed by atoms with Crippen LogP contribution in [0, 0.1) is 0 Å². The van der Waals surface area contributed by atoms with Gasteiger partial charge >= 0.3 is 5.97 Å². The van der Waals surface area contributed by atoms with E-state index in [1.165, 1.54) is 0 Å². The van der Waals surface area contributed by atoms with Gasteiger partial charge in [0.25, 0.3) is 0 Å². The van der Waals surface area contributed by atoms with Gasteiger partial charge in [-0.05, 0) is 24.0 Å². The average Bonchev–Trinajstić information content (AvgIpc) is 2.70. The average molecular weight is 242 g/mol. The molecule has 0 aromatic heterocycles. The van der Waals surface area contributed by atoms with Crippen LogP contribution < -0.4 is 0 Å². The van der Waals surface area contributed by atoms with E-state index in [4.69, 9.17) is 4.74 Å². The minimum absolute atomic E-state index is 0.164. The zero-order valence-electron chi connectivity index (χ0n) is 10.7. The molecule has 18 heavy (non-hydrogen) atoms. The molecule has 1 unspecified atom stereocenters. The highest BCUT2D eigenvalue weighted by Gasteiger charge is 2.33. The Bertz CT molecular complexity index is 471. The summed E-state index contributed by atoms with van der Waals surface area (Å²) in [6.07, 6.45) is 4.06. The summed E-state index contributed by atoms with van der Waals surface area (Å²) in [5, 5.41) is 0. The van der Waals surface area contributed by atoms with Crippen molar-refractivity contribution < 1.29 is 9.53 Å². The van der Waals surface area contributed by atoms with Crippen molar-refractivity contribution in [3.05, 3.63) is 59.7 Å². The molecular formula is C16H18O2. The van der Waals surface area contributed by atoms with Crippen molar-refractivity contribution in [3.63, 3.8) is 0 Å². The summed E-state index contributed by atoms with van der Waals surface area (Å²) in [5.41, 5.74) is 2.95. The minimum atomic E-state index is -0.224. The lowest BCUT2D eigenvalue weighted by Crippen LogP contribution is -2.03. The molecule has 0 amide bonds. The number of cyclic esters (lactones) is 1. The number of benzene rings is 1. The third kappa shape index (κ3) is 2.37. The SMILES string of the molecule is C=CCC1=C(CCC)C(=O)OC1c1ccccc1. The van der Waals surface area contributed by atoms with Crippen LogP contribution in [-0.2, 0) is 9.53 Å². The van der Waals surface area contributed by atoms with E-state index in [9.17, 15) is 4.79 Å². The summed E-state index contributed by atoms with van der Waals surface area (Å²) >= 11 is 0. The predicted molar refractivity (Wildman–Crippen MR) is 72.0 cm³/mol. The number of esters is 1. The Labute approximate surface area is 108 Å². The first-order valence-corrected chi connectivity index (χ1v) is 6.36. The van der Waals surface area contributed by atoms with Crippen LogP contribution in [0.25, 0.3) is 0 Å². The van der Waals surface area contributed by atoms with Crippen molar-refractivity contribution in [2.24, 2.45) is 0 Å².